The number of anilines is 1. The molecule has 0 radical (unpaired) electrons. The predicted octanol–water partition coefficient (Wildman–Crippen LogP) is 2.86. The molecule has 0 atom stereocenters. The Balaban J connectivity index is 3.29. The van der Waals surface area contributed by atoms with E-state index in [-0.39, 0.29) is 18.6 Å². The first kappa shape index (κ1) is 17.9. The van der Waals surface area contributed by atoms with E-state index in [0.717, 1.165) is 29.9 Å². The van der Waals surface area contributed by atoms with E-state index in [2.05, 4.69) is 39.5 Å². The highest BCUT2D eigenvalue weighted by molar-refractivity contribution is 5.45. The van der Waals surface area contributed by atoms with Crippen molar-refractivity contribution in [3.8, 4) is 0 Å². The third-order valence-electron chi connectivity index (χ3n) is 3.84. The molecule has 1 aromatic rings. The molecule has 1 heterocycles. The Labute approximate surface area is 128 Å². The highest BCUT2D eigenvalue weighted by Gasteiger charge is 2.21. The number of nitrogens with zero attached hydrogens (tertiary/aromatic N) is 2. The van der Waals surface area contributed by atoms with Gasteiger partial charge in [0.2, 0.25) is 0 Å². The highest BCUT2D eigenvalue weighted by Crippen LogP contribution is 2.26. The van der Waals surface area contributed by atoms with Gasteiger partial charge < -0.3 is 15.1 Å². The number of hydrogen-bond acceptors (Lipinski definition) is 4. The quantitative estimate of drug-likeness (QED) is 0.812. The lowest BCUT2D eigenvalue weighted by Gasteiger charge is -2.32. The molecule has 1 rings (SSSR count). The average Bonchev–Trinajstić information content (AvgIpc) is 2.46. The van der Waals surface area contributed by atoms with E-state index in [0.29, 0.717) is 12.6 Å². The van der Waals surface area contributed by atoms with Gasteiger partial charge in [0, 0.05) is 23.7 Å². The van der Waals surface area contributed by atoms with Crippen LogP contribution in [0.2, 0.25) is 0 Å². The van der Waals surface area contributed by atoms with Gasteiger partial charge in [-0.1, -0.05) is 34.6 Å². The van der Waals surface area contributed by atoms with Crippen LogP contribution in [-0.2, 0) is 12.0 Å². The largest absolute Gasteiger partial charge is 0.395 e. The molecule has 0 aromatic carbocycles. The summed E-state index contributed by atoms with van der Waals surface area (Å²) in [4.78, 5) is 6.95. The normalized spacial score (nSPS) is 12.0. The smallest absolute Gasteiger partial charge is 0.129 e. The Morgan fingerprint density at radius 2 is 1.76 bits per heavy atom. The van der Waals surface area contributed by atoms with E-state index >= 15 is 0 Å². The molecule has 0 bridgehead atoms. The summed E-state index contributed by atoms with van der Waals surface area (Å²) >= 11 is 0. The lowest BCUT2D eigenvalue weighted by Crippen LogP contribution is -2.38. The third-order valence-corrected chi connectivity index (χ3v) is 3.84. The lowest BCUT2D eigenvalue weighted by molar-refractivity contribution is 0.281. The number of aromatic nitrogens is 1. The maximum atomic E-state index is 9.52. The summed E-state index contributed by atoms with van der Waals surface area (Å²) in [6.45, 7) is 11.3. The van der Waals surface area contributed by atoms with Crippen LogP contribution in [0.1, 0.15) is 58.7 Å². The molecule has 0 aliphatic carbocycles. The van der Waals surface area contributed by atoms with Gasteiger partial charge in [0.1, 0.15) is 5.82 Å². The molecule has 21 heavy (non-hydrogen) atoms. The molecular formula is C17H30N2O2. The van der Waals surface area contributed by atoms with Gasteiger partial charge in [0.05, 0.1) is 13.2 Å². The summed E-state index contributed by atoms with van der Waals surface area (Å²) in [5.74, 6) is 0.856. The Hall–Kier alpha value is -1.13. The molecule has 0 saturated heterocycles. The number of rotatable bonds is 7. The van der Waals surface area contributed by atoms with Crippen molar-refractivity contribution in [2.45, 2.75) is 65.5 Å². The Morgan fingerprint density at radius 3 is 2.19 bits per heavy atom. The minimum absolute atomic E-state index is 0.00841. The minimum atomic E-state index is -0.0707. The molecule has 2 N–H and O–H groups in total. The minimum Gasteiger partial charge on any atom is -0.395 e. The van der Waals surface area contributed by atoms with Crippen LogP contribution in [0.5, 0.6) is 0 Å². The molecule has 4 nitrogen and oxygen atoms in total. The molecule has 0 unspecified atom stereocenters. The topological polar surface area (TPSA) is 56.6 Å². The van der Waals surface area contributed by atoms with Crippen molar-refractivity contribution >= 4 is 5.82 Å². The Kier molecular flexibility index (Phi) is 6.62. The lowest BCUT2D eigenvalue weighted by atomic mass is 9.90. The second kappa shape index (κ2) is 7.76. The summed E-state index contributed by atoms with van der Waals surface area (Å²) in [6.07, 6.45) is 2.01. The highest BCUT2D eigenvalue weighted by atomic mass is 16.3. The van der Waals surface area contributed by atoms with Crippen LogP contribution in [0.15, 0.2) is 12.1 Å². The van der Waals surface area contributed by atoms with Crippen LogP contribution in [-0.4, -0.2) is 34.4 Å². The van der Waals surface area contributed by atoms with Gasteiger partial charge in [0.25, 0.3) is 0 Å². The summed E-state index contributed by atoms with van der Waals surface area (Å²) in [6, 6.07) is 4.25. The van der Waals surface area contributed by atoms with Crippen molar-refractivity contribution in [1.29, 1.82) is 0 Å². The number of hydrogen-bond donors (Lipinski definition) is 2. The van der Waals surface area contributed by atoms with Gasteiger partial charge in [-0.05, 0) is 30.5 Å². The van der Waals surface area contributed by atoms with E-state index in [1.165, 1.54) is 0 Å². The molecule has 0 aliphatic rings. The molecule has 0 saturated carbocycles. The maximum absolute atomic E-state index is 9.52. The second-order valence-electron chi connectivity index (χ2n) is 6.51. The zero-order valence-corrected chi connectivity index (χ0v) is 14.1. The van der Waals surface area contributed by atoms with Gasteiger partial charge in [-0.3, -0.25) is 0 Å². The van der Waals surface area contributed by atoms with Crippen LogP contribution in [0.4, 0.5) is 5.82 Å². The average molecular weight is 294 g/mol. The summed E-state index contributed by atoms with van der Waals surface area (Å²) in [5.41, 5.74) is 1.77. The van der Waals surface area contributed by atoms with Crippen LogP contribution in [0.3, 0.4) is 0 Å². The first-order valence-electron chi connectivity index (χ1n) is 7.87. The fraction of sp³-hybridized carbons (Fsp3) is 0.706. The fourth-order valence-corrected chi connectivity index (χ4v) is 2.52. The van der Waals surface area contributed by atoms with Crippen LogP contribution in [0.25, 0.3) is 0 Å². The van der Waals surface area contributed by atoms with E-state index in [1.807, 2.05) is 12.1 Å². The first-order valence-corrected chi connectivity index (χ1v) is 7.87. The molecule has 0 aliphatic heterocycles. The van der Waals surface area contributed by atoms with Crippen molar-refractivity contribution in [3.05, 3.63) is 23.4 Å². The fourth-order valence-electron chi connectivity index (χ4n) is 2.52. The molecule has 0 amide bonds. The van der Waals surface area contributed by atoms with Gasteiger partial charge in [-0.25, -0.2) is 4.98 Å². The summed E-state index contributed by atoms with van der Waals surface area (Å²) in [7, 11) is 0. The molecule has 4 heteroatoms. The maximum Gasteiger partial charge on any atom is 0.129 e. The van der Waals surface area contributed by atoms with Crippen molar-refractivity contribution < 1.29 is 10.2 Å². The Morgan fingerprint density at radius 1 is 1.14 bits per heavy atom. The van der Waals surface area contributed by atoms with E-state index in [1.54, 1.807) is 0 Å². The van der Waals surface area contributed by atoms with Crippen LogP contribution < -0.4 is 4.90 Å². The van der Waals surface area contributed by atoms with Crippen molar-refractivity contribution in [2.24, 2.45) is 0 Å². The first-order chi connectivity index (χ1) is 9.87. The Bertz CT molecular complexity index is 437. The van der Waals surface area contributed by atoms with Gasteiger partial charge in [-0.15, -0.1) is 0 Å². The van der Waals surface area contributed by atoms with Crippen molar-refractivity contribution in [1.82, 2.24) is 4.98 Å². The molecule has 0 spiro atoms. The van der Waals surface area contributed by atoms with E-state index in [4.69, 9.17) is 4.98 Å². The number of aliphatic hydroxyl groups excluding tert-OH is 2. The molecule has 1 aromatic heterocycles. The number of aliphatic hydroxyl groups is 2. The zero-order chi connectivity index (χ0) is 16.0. The predicted molar refractivity (Wildman–Crippen MR) is 87.7 cm³/mol. The van der Waals surface area contributed by atoms with Gasteiger partial charge >= 0.3 is 0 Å². The standard InChI is InChI=1S/C17H30N2O2/c1-6-14(7-2)19(8-9-20)16-11-13(12-21)10-15(18-16)17(3,4)5/h10-11,14,20-21H,6-9,12H2,1-5H3. The molecule has 120 valence electrons. The van der Waals surface area contributed by atoms with Crippen molar-refractivity contribution in [3.63, 3.8) is 0 Å². The SMILES string of the molecule is CCC(CC)N(CCO)c1cc(CO)cc(C(C)(C)C)n1. The monoisotopic (exact) mass is 294 g/mol. The zero-order valence-electron chi connectivity index (χ0n) is 14.1. The molecular weight excluding hydrogens is 264 g/mol. The second-order valence-corrected chi connectivity index (χ2v) is 6.51. The van der Waals surface area contributed by atoms with E-state index < -0.39 is 0 Å². The number of pyridine rings is 1. The summed E-state index contributed by atoms with van der Waals surface area (Å²) in [5, 5.41) is 18.9. The summed E-state index contributed by atoms with van der Waals surface area (Å²) < 4.78 is 0. The van der Waals surface area contributed by atoms with Crippen LogP contribution >= 0.6 is 0 Å². The van der Waals surface area contributed by atoms with Crippen molar-refractivity contribution in [2.75, 3.05) is 18.1 Å². The van der Waals surface area contributed by atoms with Crippen LogP contribution in [0, 0.1) is 0 Å². The third kappa shape index (κ3) is 4.68. The van der Waals surface area contributed by atoms with E-state index in [9.17, 15) is 10.2 Å². The van der Waals surface area contributed by atoms with Gasteiger partial charge in [0.15, 0.2) is 0 Å². The van der Waals surface area contributed by atoms with Gasteiger partial charge in [-0.2, -0.15) is 0 Å². The molecule has 0 fully saturated rings.